The molecule has 6 nitrogen and oxygen atoms in total. The molecule has 0 saturated carbocycles. The summed E-state index contributed by atoms with van der Waals surface area (Å²) >= 11 is 6.85. The number of hydrogen-bond acceptors (Lipinski definition) is 4. The normalized spacial score (nSPS) is 11.0. The van der Waals surface area contributed by atoms with Gasteiger partial charge in [0.2, 0.25) is 0 Å². The summed E-state index contributed by atoms with van der Waals surface area (Å²) in [6.07, 6.45) is 0. The Balaban J connectivity index is 1.92. The van der Waals surface area contributed by atoms with Crippen molar-refractivity contribution in [1.82, 2.24) is 15.2 Å². The molecule has 0 aliphatic carbocycles. The maximum absolute atomic E-state index is 12.0. The van der Waals surface area contributed by atoms with Crippen LogP contribution in [0, 0.1) is 0 Å². The highest BCUT2D eigenvalue weighted by Crippen LogP contribution is 2.34. The summed E-state index contributed by atoms with van der Waals surface area (Å²) in [6, 6.07) is 14.6. The average Bonchev–Trinajstić information content (AvgIpc) is 3.11. The number of H-pyrrole nitrogens is 1. The summed E-state index contributed by atoms with van der Waals surface area (Å²) in [6.45, 7) is 0. The van der Waals surface area contributed by atoms with E-state index in [4.69, 9.17) is 4.74 Å². The monoisotopic (exact) mass is 501 g/mol. The molecule has 0 spiro atoms. The van der Waals surface area contributed by atoms with E-state index in [1.807, 2.05) is 36.4 Å². The van der Waals surface area contributed by atoms with Gasteiger partial charge in [0.25, 0.3) is 0 Å². The van der Waals surface area contributed by atoms with E-state index in [1.54, 1.807) is 19.2 Å². The van der Waals surface area contributed by atoms with E-state index in [0.29, 0.717) is 28.2 Å². The van der Waals surface area contributed by atoms with Gasteiger partial charge in [0.1, 0.15) is 5.75 Å². The number of nitrogens with one attached hydrogen (secondary N) is 1. The molecule has 0 fully saturated rings. The maximum atomic E-state index is 12.0. The highest BCUT2D eigenvalue weighted by molar-refractivity contribution is 9.10. The van der Waals surface area contributed by atoms with Crippen LogP contribution < -0.4 is 4.74 Å². The molecule has 0 aliphatic rings. The van der Waals surface area contributed by atoms with Gasteiger partial charge in [-0.25, -0.2) is 9.78 Å². The molecule has 0 bridgehead atoms. The molecule has 0 aliphatic heterocycles. The van der Waals surface area contributed by atoms with Gasteiger partial charge in [0, 0.05) is 15.6 Å². The second-order valence-corrected chi connectivity index (χ2v) is 7.78. The minimum Gasteiger partial charge on any atom is -0.496 e. The van der Waals surface area contributed by atoms with Crippen LogP contribution in [-0.2, 0) is 0 Å². The lowest BCUT2D eigenvalue weighted by Gasteiger charge is -2.08. The quantitative estimate of drug-likeness (QED) is 0.383. The first-order valence-electron chi connectivity index (χ1n) is 8.20. The summed E-state index contributed by atoms with van der Waals surface area (Å²) in [5.74, 6) is -0.360. The summed E-state index contributed by atoms with van der Waals surface area (Å²) in [7, 11) is 1.58. The second kappa shape index (κ2) is 7.37. The number of rotatable bonds is 4. The van der Waals surface area contributed by atoms with Crippen LogP contribution in [0.5, 0.6) is 5.75 Å². The van der Waals surface area contributed by atoms with Crippen molar-refractivity contribution in [2.45, 2.75) is 0 Å². The molecular weight excluding hydrogens is 490 g/mol. The molecule has 2 aromatic carbocycles. The fraction of sp³-hybridized carbons (Fsp3) is 0.0500. The van der Waals surface area contributed by atoms with Gasteiger partial charge in [-0.05, 0) is 52.3 Å². The third-order valence-corrected chi connectivity index (χ3v) is 5.48. The van der Waals surface area contributed by atoms with Gasteiger partial charge in [-0.15, -0.1) is 0 Å². The lowest BCUT2D eigenvalue weighted by Crippen LogP contribution is -2.00. The number of aromatic amines is 1. The van der Waals surface area contributed by atoms with Crippen molar-refractivity contribution in [3.8, 4) is 28.3 Å². The number of hydrogen-bond donors (Lipinski definition) is 2. The van der Waals surface area contributed by atoms with E-state index in [0.717, 1.165) is 20.1 Å². The number of benzene rings is 2. The van der Waals surface area contributed by atoms with Crippen LogP contribution in [0.2, 0.25) is 0 Å². The Morgan fingerprint density at radius 2 is 1.79 bits per heavy atom. The number of ether oxygens (including phenoxy) is 1. The third kappa shape index (κ3) is 3.29. The average molecular weight is 503 g/mol. The summed E-state index contributed by atoms with van der Waals surface area (Å²) in [4.78, 5) is 16.6. The molecule has 2 aromatic heterocycles. The van der Waals surface area contributed by atoms with Crippen LogP contribution in [0.25, 0.3) is 33.5 Å². The summed E-state index contributed by atoms with van der Waals surface area (Å²) < 4.78 is 6.93. The highest BCUT2D eigenvalue weighted by Gasteiger charge is 2.20. The van der Waals surface area contributed by atoms with Gasteiger partial charge in [-0.2, -0.15) is 5.10 Å². The molecule has 8 heteroatoms. The predicted molar refractivity (Wildman–Crippen MR) is 114 cm³/mol. The number of fused-ring (bicyclic) bond motifs is 1. The van der Waals surface area contributed by atoms with E-state index in [1.165, 1.54) is 0 Å². The van der Waals surface area contributed by atoms with Crippen LogP contribution in [0.15, 0.2) is 57.5 Å². The van der Waals surface area contributed by atoms with E-state index in [9.17, 15) is 9.90 Å². The van der Waals surface area contributed by atoms with Gasteiger partial charge in [0.15, 0.2) is 5.65 Å². The van der Waals surface area contributed by atoms with Gasteiger partial charge in [-0.1, -0.05) is 28.1 Å². The Hall–Kier alpha value is -2.71. The fourth-order valence-corrected chi connectivity index (χ4v) is 3.80. The molecule has 0 radical (unpaired) electrons. The van der Waals surface area contributed by atoms with E-state index < -0.39 is 5.97 Å². The SMILES string of the molecule is COc1ccc(-c2cc(C(=O)O)c3c(-c4ccc(Br)cc4)[nH]nc3n2)cc1Br. The number of carboxylic acid groups (broad SMARTS) is 1. The molecule has 0 unspecified atom stereocenters. The van der Waals surface area contributed by atoms with Crippen molar-refractivity contribution in [3.05, 3.63) is 63.0 Å². The van der Waals surface area contributed by atoms with E-state index >= 15 is 0 Å². The van der Waals surface area contributed by atoms with Gasteiger partial charge in [0.05, 0.1) is 33.9 Å². The zero-order chi connectivity index (χ0) is 19.8. The summed E-state index contributed by atoms with van der Waals surface area (Å²) in [5, 5.41) is 17.5. The smallest absolute Gasteiger partial charge is 0.336 e. The molecule has 140 valence electrons. The molecule has 0 atom stereocenters. The Labute approximate surface area is 176 Å². The van der Waals surface area contributed by atoms with Crippen molar-refractivity contribution in [1.29, 1.82) is 0 Å². The molecule has 2 N–H and O–H groups in total. The number of halogens is 2. The fourth-order valence-electron chi connectivity index (χ4n) is 2.99. The van der Waals surface area contributed by atoms with Crippen LogP contribution in [0.3, 0.4) is 0 Å². The van der Waals surface area contributed by atoms with Crippen molar-refractivity contribution >= 4 is 48.9 Å². The standard InChI is InChI=1S/C20H13Br2N3O3/c1-28-16-7-4-11(8-14(16)22)15-9-13(20(26)27)17-18(24-25-19(17)23-15)10-2-5-12(21)6-3-10/h2-9H,1H3,(H,26,27)(H,23,24,25). The maximum Gasteiger partial charge on any atom is 0.336 e. The minimum atomic E-state index is -1.04. The van der Waals surface area contributed by atoms with Crippen molar-refractivity contribution in [2.75, 3.05) is 7.11 Å². The number of pyridine rings is 1. The molecule has 2 heterocycles. The minimum absolute atomic E-state index is 0.138. The van der Waals surface area contributed by atoms with Crippen LogP contribution in [0.1, 0.15) is 10.4 Å². The Morgan fingerprint density at radius 1 is 1.07 bits per heavy atom. The van der Waals surface area contributed by atoms with E-state index in [2.05, 4.69) is 47.0 Å². The molecule has 0 saturated heterocycles. The predicted octanol–water partition coefficient (Wildman–Crippen LogP) is 5.52. The largest absolute Gasteiger partial charge is 0.496 e. The number of carbonyl (C=O) groups is 1. The second-order valence-electron chi connectivity index (χ2n) is 6.01. The van der Waals surface area contributed by atoms with Gasteiger partial charge >= 0.3 is 5.97 Å². The summed E-state index contributed by atoms with van der Waals surface area (Å²) in [5.41, 5.74) is 3.20. The molecule has 0 amide bonds. The molecule has 4 rings (SSSR count). The van der Waals surface area contributed by atoms with Crippen LogP contribution in [-0.4, -0.2) is 33.4 Å². The van der Waals surface area contributed by atoms with Crippen molar-refractivity contribution in [2.24, 2.45) is 0 Å². The Morgan fingerprint density at radius 3 is 2.43 bits per heavy atom. The topological polar surface area (TPSA) is 88.1 Å². The number of methoxy groups -OCH3 is 1. The highest BCUT2D eigenvalue weighted by atomic mass is 79.9. The van der Waals surface area contributed by atoms with Crippen LogP contribution >= 0.6 is 31.9 Å². The van der Waals surface area contributed by atoms with Crippen molar-refractivity contribution in [3.63, 3.8) is 0 Å². The Bertz CT molecular complexity index is 1200. The first kappa shape index (κ1) is 18.6. The van der Waals surface area contributed by atoms with Crippen LogP contribution in [0.4, 0.5) is 0 Å². The zero-order valence-electron chi connectivity index (χ0n) is 14.5. The van der Waals surface area contributed by atoms with Gasteiger partial charge in [-0.3, -0.25) is 5.10 Å². The molecule has 28 heavy (non-hydrogen) atoms. The lowest BCUT2D eigenvalue weighted by atomic mass is 10.0. The lowest BCUT2D eigenvalue weighted by molar-refractivity contribution is 0.0699. The van der Waals surface area contributed by atoms with Crippen molar-refractivity contribution < 1.29 is 14.6 Å². The first-order valence-corrected chi connectivity index (χ1v) is 9.79. The van der Waals surface area contributed by atoms with Gasteiger partial charge < -0.3 is 9.84 Å². The molecule has 4 aromatic rings. The Kier molecular flexibility index (Phi) is 4.91. The first-order chi connectivity index (χ1) is 13.5. The number of aromatic nitrogens is 3. The number of aromatic carboxylic acids is 1. The van der Waals surface area contributed by atoms with E-state index in [-0.39, 0.29) is 5.56 Å². The number of nitrogens with zero attached hydrogens (tertiary/aromatic N) is 2. The third-order valence-electron chi connectivity index (χ3n) is 4.33. The number of carboxylic acids is 1. The molecular formula is C20H13Br2N3O3. The zero-order valence-corrected chi connectivity index (χ0v) is 17.7.